The molecule has 1 heterocycles. The van der Waals surface area contributed by atoms with Crippen molar-refractivity contribution in [2.45, 2.75) is 6.54 Å². The molecule has 116 valence electrons. The fourth-order valence-corrected chi connectivity index (χ4v) is 2.14. The number of methoxy groups -OCH3 is 1. The van der Waals surface area contributed by atoms with Gasteiger partial charge in [0.15, 0.2) is 11.5 Å². The second-order valence-electron chi connectivity index (χ2n) is 4.97. The Balaban J connectivity index is 1.67. The molecule has 1 aromatic heterocycles. The van der Waals surface area contributed by atoms with Crippen LogP contribution in [0.2, 0.25) is 0 Å². The number of amides is 1. The Kier molecular flexibility index (Phi) is 4.38. The van der Waals surface area contributed by atoms with Crippen molar-refractivity contribution in [2.75, 3.05) is 7.11 Å². The summed E-state index contributed by atoms with van der Waals surface area (Å²) >= 11 is 0. The van der Waals surface area contributed by atoms with Crippen molar-refractivity contribution in [1.82, 2.24) is 10.5 Å². The van der Waals surface area contributed by atoms with Crippen molar-refractivity contribution < 1.29 is 14.1 Å². The Morgan fingerprint density at radius 3 is 2.57 bits per heavy atom. The van der Waals surface area contributed by atoms with Crippen molar-refractivity contribution in [2.24, 2.45) is 0 Å². The lowest BCUT2D eigenvalue weighted by Gasteiger charge is -2.02. The molecule has 3 aromatic rings. The third-order valence-electron chi connectivity index (χ3n) is 3.41. The highest BCUT2D eigenvalue weighted by Gasteiger charge is 2.13. The zero-order valence-electron chi connectivity index (χ0n) is 12.7. The number of benzene rings is 2. The molecular formula is C18H16N2O3. The molecule has 2 aromatic carbocycles. The van der Waals surface area contributed by atoms with Gasteiger partial charge in [0.2, 0.25) is 0 Å². The molecule has 0 radical (unpaired) electrons. The summed E-state index contributed by atoms with van der Waals surface area (Å²) in [5, 5.41) is 6.65. The third kappa shape index (κ3) is 3.58. The molecule has 0 unspecified atom stereocenters. The molecule has 1 N–H and O–H groups in total. The molecule has 0 aliphatic rings. The van der Waals surface area contributed by atoms with E-state index in [1.807, 2.05) is 54.6 Å². The van der Waals surface area contributed by atoms with Crippen molar-refractivity contribution in [1.29, 1.82) is 0 Å². The van der Waals surface area contributed by atoms with Crippen LogP contribution < -0.4 is 10.1 Å². The van der Waals surface area contributed by atoms with E-state index in [2.05, 4.69) is 10.5 Å². The van der Waals surface area contributed by atoms with Crippen LogP contribution in [0, 0.1) is 0 Å². The summed E-state index contributed by atoms with van der Waals surface area (Å²) in [6, 6.07) is 18.7. The van der Waals surface area contributed by atoms with Crippen LogP contribution in [0.3, 0.4) is 0 Å². The van der Waals surface area contributed by atoms with E-state index in [0.717, 1.165) is 16.9 Å². The predicted molar refractivity (Wildman–Crippen MR) is 86.1 cm³/mol. The fourth-order valence-electron chi connectivity index (χ4n) is 2.14. The van der Waals surface area contributed by atoms with Crippen LogP contribution in [0.5, 0.6) is 5.75 Å². The lowest BCUT2D eigenvalue weighted by Crippen LogP contribution is -2.22. The van der Waals surface area contributed by atoms with Gasteiger partial charge in [-0.2, -0.15) is 0 Å². The summed E-state index contributed by atoms with van der Waals surface area (Å²) in [5.74, 6) is 1.03. The van der Waals surface area contributed by atoms with E-state index in [1.165, 1.54) is 0 Å². The van der Waals surface area contributed by atoms with Gasteiger partial charge in [0.25, 0.3) is 5.91 Å². The van der Waals surface area contributed by atoms with Crippen molar-refractivity contribution in [3.05, 3.63) is 71.9 Å². The van der Waals surface area contributed by atoms with Crippen molar-refractivity contribution >= 4 is 5.91 Å². The highest BCUT2D eigenvalue weighted by molar-refractivity contribution is 5.93. The van der Waals surface area contributed by atoms with Crippen LogP contribution in [0.1, 0.15) is 16.1 Å². The highest BCUT2D eigenvalue weighted by Crippen LogP contribution is 2.23. The van der Waals surface area contributed by atoms with Gasteiger partial charge in [-0.05, 0) is 29.8 Å². The van der Waals surface area contributed by atoms with Gasteiger partial charge in [0.05, 0.1) is 7.11 Å². The zero-order chi connectivity index (χ0) is 16.1. The first-order chi connectivity index (χ1) is 11.3. The Labute approximate surface area is 133 Å². The average molecular weight is 308 g/mol. The predicted octanol–water partition coefficient (Wildman–Crippen LogP) is 3.28. The van der Waals surface area contributed by atoms with E-state index in [1.54, 1.807) is 13.2 Å². The van der Waals surface area contributed by atoms with Gasteiger partial charge >= 0.3 is 0 Å². The molecule has 0 spiro atoms. The van der Waals surface area contributed by atoms with E-state index in [4.69, 9.17) is 9.26 Å². The van der Waals surface area contributed by atoms with Crippen molar-refractivity contribution in [3.63, 3.8) is 0 Å². The van der Waals surface area contributed by atoms with E-state index in [-0.39, 0.29) is 11.6 Å². The Bertz CT molecular complexity index is 780. The molecule has 0 fully saturated rings. The Morgan fingerprint density at radius 1 is 1.13 bits per heavy atom. The van der Waals surface area contributed by atoms with E-state index in [0.29, 0.717) is 12.3 Å². The van der Waals surface area contributed by atoms with Gasteiger partial charge in [0.1, 0.15) is 5.75 Å². The van der Waals surface area contributed by atoms with Gasteiger partial charge in [-0.1, -0.05) is 35.5 Å². The molecule has 1 amide bonds. The minimum atomic E-state index is -0.266. The van der Waals surface area contributed by atoms with E-state index in [9.17, 15) is 4.79 Å². The van der Waals surface area contributed by atoms with E-state index >= 15 is 0 Å². The normalized spacial score (nSPS) is 10.3. The lowest BCUT2D eigenvalue weighted by molar-refractivity contribution is 0.0942. The van der Waals surface area contributed by atoms with Crippen LogP contribution in [0.25, 0.3) is 11.3 Å². The fraction of sp³-hybridized carbons (Fsp3) is 0.111. The average Bonchev–Trinajstić information content (AvgIpc) is 3.11. The molecule has 0 saturated heterocycles. The second kappa shape index (κ2) is 6.79. The van der Waals surface area contributed by atoms with Gasteiger partial charge in [-0.25, -0.2) is 0 Å². The quantitative estimate of drug-likeness (QED) is 0.785. The number of nitrogens with one attached hydrogen (secondary N) is 1. The molecule has 23 heavy (non-hydrogen) atoms. The zero-order valence-corrected chi connectivity index (χ0v) is 12.7. The van der Waals surface area contributed by atoms with Crippen LogP contribution in [-0.4, -0.2) is 18.2 Å². The largest absolute Gasteiger partial charge is 0.497 e. The number of rotatable bonds is 5. The molecule has 0 bridgehead atoms. The minimum absolute atomic E-state index is 0.256. The molecule has 0 saturated carbocycles. The summed E-state index contributed by atoms with van der Waals surface area (Å²) in [6.07, 6.45) is 0. The monoisotopic (exact) mass is 308 g/mol. The van der Waals surface area contributed by atoms with Gasteiger partial charge in [-0.3, -0.25) is 4.79 Å². The summed E-state index contributed by atoms with van der Waals surface area (Å²) in [4.78, 5) is 12.1. The van der Waals surface area contributed by atoms with Gasteiger partial charge in [-0.15, -0.1) is 0 Å². The minimum Gasteiger partial charge on any atom is -0.497 e. The lowest BCUT2D eigenvalue weighted by atomic mass is 10.1. The number of aromatic nitrogens is 1. The molecule has 5 heteroatoms. The summed E-state index contributed by atoms with van der Waals surface area (Å²) in [5.41, 5.74) is 2.12. The Morgan fingerprint density at radius 2 is 1.87 bits per heavy atom. The van der Waals surface area contributed by atoms with E-state index < -0.39 is 0 Å². The smallest absolute Gasteiger partial charge is 0.273 e. The highest BCUT2D eigenvalue weighted by atomic mass is 16.5. The van der Waals surface area contributed by atoms with Gasteiger partial charge in [0, 0.05) is 18.2 Å². The third-order valence-corrected chi connectivity index (χ3v) is 3.41. The number of nitrogens with zero attached hydrogens (tertiary/aromatic N) is 1. The van der Waals surface area contributed by atoms with Crippen molar-refractivity contribution in [3.8, 4) is 17.1 Å². The number of carbonyl (C=O) groups excluding carboxylic acids is 1. The first kappa shape index (κ1) is 14.8. The van der Waals surface area contributed by atoms with Gasteiger partial charge < -0.3 is 14.6 Å². The first-order valence-corrected chi connectivity index (χ1v) is 7.19. The molecule has 0 atom stereocenters. The topological polar surface area (TPSA) is 64.4 Å². The SMILES string of the molecule is COc1ccc(-c2cc(C(=O)NCc3ccccc3)no2)cc1. The molecule has 5 nitrogen and oxygen atoms in total. The molecule has 3 rings (SSSR count). The number of hydrogen-bond donors (Lipinski definition) is 1. The number of ether oxygens (including phenoxy) is 1. The van der Waals surface area contributed by atoms with Crippen LogP contribution in [-0.2, 0) is 6.54 Å². The maximum atomic E-state index is 12.1. The number of hydrogen-bond acceptors (Lipinski definition) is 4. The number of carbonyl (C=O) groups is 1. The second-order valence-corrected chi connectivity index (χ2v) is 4.97. The molecular weight excluding hydrogens is 292 g/mol. The molecule has 0 aliphatic heterocycles. The maximum Gasteiger partial charge on any atom is 0.273 e. The van der Waals surface area contributed by atoms with Crippen LogP contribution in [0.4, 0.5) is 0 Å². The summed E-state index contributed by atoms with van der Waals surface area (Å²) in [7, 11) is 1.61. The van der Waals surface area contributed by atoms with Crippen LogP contribution >= 0.6 is 0 Å². The molecule has 0 aliphatic carbocycles. The standard InChI is InChI=1S/C18H16N2O3/c1-22-15-9-7-14(8-10-15)17-11-16(20-23-17)18(21)19-12-13-5-3-2-4-6-13/h2-11H,12H2,1H3,(H,19,21). The Hall–Kier alpha value is -3.08. The maximum absolute atomic E-state index is 12.1. The van der Waals surface area contributed by atoms with Crippen LogP contribution in [0.15, 0.2) is 65.2 Å². The summed E-state index contributed by atoms with van der Waals surface area (Å²) in [6.45, 7) is 0.449. The first-order valence-electron chi connectivity index (χ1n) is 7.19. The summed E-state index contributed by atoms with van der Waals surface area (Å²) < 4.78 is 10.4.